The van der Waals surface area contributed by atoms with E-state index >= 15 is 0 Å². The van der Waals surface area contributed by atoms with Gasteiger partial charge in [-0.3, -0.25) is 0 Å². The van der Waals surface area contributed by atoms with Crippen molar-refractivity contribution in [1.29, 1.82) is 0 Å². The first-order valence-corrected chi connectivity index (χ1v) is 8.09. The fourth-order valence-electron chi connectivity index (χ4n) is 2.45. The van der Waals surface area contributed by atoms with E-state index in [1.807, 2.05) is 19.0 Å². The Kier molecular flexibility index (Phi) is 4.45. The van der Waals surface area contributed by atoms with E-state index in [-0.39, 0.29) is 17.5 Å². The van der Waals surface area contributed by atoms with Crippen molar-refractivity contribution in [2.45, 2.75) is 13.1 Å². The summed E-state index contributed by atoms with van der Waals surface area (Å²) in [6.07, 6.45) is 1.61. The van der Waals surface area contributed by atoms with Gasteiger partial charge in [-0.15, -0.1) is 0 Å². The lowest BCUT2D eigenvalue weighted by molar-refractivity contribution is -0.389. The number of nitro groups is 1. The zero-order valence-corrected chi connectivity index (χ0v) is 14.0. The van der Waals surface area contributed by atoms with Crippen molar-refractivity contribution >= 4 is 27.9 Å². The average molecular weight is 349 g/mol. The van der Waals surface area contributed by atoms with E-state index in [0.717, 1.165) is 5.56 Å². The first-order valence-electron chi connectivity index (χ1n) is 7.21. The summed E-state index contributed by atoms with van der Waals surface area (Å²) in [5, 5.41) is 16.0. The molecule has 0 atom stereocenters. The van der Waals surface area contributed by atoms with E-state index < -0.39 is 4.92 Å². The van der Waals surface area contributed by atoms with Crippen molar-refractivity contribution in [2.24, 2.45) is 0 Å². The molecule has 2 heterocycles. The number of nitrogens with one attached hydrogen (secondary N) is 1. The molecule has 0 unspecified atom stereocenters. The topological polar surface area (TPSA) is 75.7 Å². The number of anilines is 1. The molecule has 0 amide bonds. The molecule has 126 valence electrons. The first-order chi connectivity index (χ1) is 11.5. The van der Waals surface area contributed by atoms with E-state index in [1.165, 1.54) is 21.8 Å². The van der Waals surface area contributed by atoms with Crippen LogP contribution in [0.1, 0.15) is 11.1 Å². The monoisotopic (exact) mass is 349 g/mol. The Bertz CT molecular complexity index is 889. The third-order valence-electron chi connectivity index (χ3n) is 3.47. The highest BCUT2D eigenvalue weighted by molar-refractivity contribution is 7.15. The first kappa shape index (κ1) is 16.3. The molecular formula is C15H16FN5O2S. The molecule has 9 heteroatoms. The number of benzene rings is 1. The van der Waals surface area contributed by atoms with Gasteiger partial charge in [0.2, 0.25) is 5.82 Å². The number of nitrogens with zero attached hydrogens (tertiary/aromatic N) is 4. The minimum absolute atomic E-state index is 0.0955. The molecule has 1 N–H and O–H groups in total. The Balaban J connectivity index is 1.82. The smallest absolute Gasteiger partial charge is 0.359 e. The van der Waals surface area contributed by atoms with Gasteiger partial charge in [0.25, 0.3) is 4.96 Å². The van der Waals surface area contributed by atoms with Crippen LogP contribution in [0.15, 0.2) is 29.8 Å². The average Bonchev–Trinajstić information content (AvgIpc) is 3.07. The van der Waals surface area contributed by atoms with Crippen LogP contribution < -0.4 is 5.32 Å². The predicted molar refractivity (Wildman–Crippen MR) is 90.8 cm³/mol. The highest BCUT2D eigenvalue weighted by Gasteiger charge is 2.23. The zero-order chi connectivity index (χ0) is 17.3. The summed E-state index contributed by atoms with van der Waals surface area (Å²) >= 11 is 1.32. The van der Waals surface area contributed by atoms with Crippen molar-refractivity contribution in [3.05, 3.63) is 56.8 Å². The molecule has 1 aromatic carbocycles. The van der Waals surface area contributed by atoms with Crippen LogP contribution in [0.2, 0.25) is 0 Å². The number of hydrogen-bond donors (Lipinski definition) is 1. The minimum Gasteiger partial charge on any atom is -0.359 e. The van der Waals surface area contributed by atoms with Crippen molar-refractivity contribution < 1.29 is 9.31 Å². The Morgan fingerprint density at radius 1 is 1.46 bits per heavy atom. The van der Waals surface area contributed by atoms with Crippen molar-refractivity contribution in [3.63, 3.8) is 0 Å². The lowest BCUT2D eigenvalue weighted by Crippen LogP contribution is -2.12. The summed E-state index contributed by atoms with van der Waals surface area (Å²) in [5.74, 6) is -0.145. The second-order valence-corrected chi connectivity index (χ2v) is 6.49. The molecule has 0 aliphatic heterocycles. The summed E-state index contributed by atoms with van der Waals surface area (Å²) in [4.78, 5) is 17.5. The van der Waals surface area contributed by atoms with Crippen LogP contribution in [-0.4, -0.2) is 33.3 Å². The van der Waals surface area contributed by atoms with Crippen LogP contribution in [0.5, 0.6) is 0 Å². The van der Waals surface area contributed by atoms with Gasteiger partial charge >= 0.3 is 5.82 Å². The number of aromatic nitrogens is 2. The van der Waals surface area contributed by atoms with E-state index in [2.05, 4.69) is 10.3 Å². The van der Waals surface area contributed by atoms with Gasteiger partial charge < -0.3 is 20.3 Å². The highest BCUT2D eigenvalue weighted by atomic mass is 32.1. The van der Waals surface area contributed by atoms with Crippen LogP contribution in [0.3, 0.4) is 0 Å². The summed E-state index contributed by atoms with van der Waals surface area (Å²) in [6, 6.07) is 4.83. The van der Waals surface area contributed by atoms with Gasteiger partial charge in [0, 0.05) is 24.0 Å². The molecule has 7 nitrogen and oxygen atoms in total. The quantitative estimate of drug-likeness (QED) is 0.547. The van der Waals surface area contributed by atoms with E-state index in [0.29, 0.717) is 23.6 Å². The zero-order valence-electron chi connectivity index (χ0n) is 13.2. The maximum atomic E-state index is 13.8. The van der Waals surface area contributed by atoms with Crippen LogP contribution in [-0.2, 0) is 13.1 Å². The van der Waals surface area contributed by atoms with Crippen molar-refractivity contribution in [2.75, 3.05) is 19.4 Å². The molecule has 0 aliphatic rings. The standard InChI is InChI=1S/C15H16FN5O2S/c1-19(2)9-11-7-10(3-4-12(11)16)8-17-13-14(21(22)23)20-5-6-24-15(20)18-13/h3-7,17H,8-9H2,1-2H3. The van der Waals surface area contributed by atoms with Gasteiger partial charge in [-0.25, -0.2) is 4.39 Å². The van der Waals surface area contributed by atoms with Crippen LogP contribution in [0.25, 0.3) is 4.96 Å². The summed E-state index contributed by atoms with van der Waals surface area (Å²) in [5.41, 5.74) is 1.42. The van der Waals surface area contributed by atoms with Crippen LogP contribution in [0.4, 0.5) is 16.0 Å². The minimum atomic E-state index is -0.461. The molecule has 24 heavy (non-hydrogen) atoms. The van der Waals surface area contributed by atoms with Crippen LogP contribution >= 0.6 is 11.3 Å². The number of fused-ring (bicyclic) bond motifs is 1. The Morgan fingerprint density at radius 2 is 2.25 bits per heavy atom. The molecule has 3 aromatic rings. The molecule has 0 bridgehead atoms. The molecule has 0 saturated heterocycles. The van der Waals surface area contributed by atoms with E-state index in [1.54, 1.807) is 23.7 Å². The van der Waals surface area contributed by atoms with Gasteiger partial charge in [-0.05, 0) is 36.7 Å². The second-order valence-electron chi connectivity index (χ2n) is 5.61. The van der Waals surface area contributed by atoms with Crippen LogP contribution in [0, 0.1) is 15.9 Å². The maximum Gasteiger partial charge on any atom is 0.372 e. The predicted octanol–water partition coefficient (Wildman–Crippen LogP) is 3.12. The Hall–Kier alpha value is -2.52. The molecule has 0 spiro atoms. The maximum absolute atomic E-state index is 13.8. The molecule has 0 radical (unpaired) electrons. The van der Waals surface area contributed by atoms with E-state index in [4.69, 9.17) is 0 Å². The lowest BCUT2D eigenvalue weighted by atomic mass is 10.1. The number of imidazole rings is 1. The molecule has 2 aromatic heterocycles. The van der Waals surface area contributed by atoms with Gasteiger partial charge in [0.1, 0.15) is 12.0 Å². The Labute approximate surface area is 141 Å². The normalized spacial score (nSPS) is 11.3. The third-order valence-corrected chi connectivity index (χ3v) is 4.22. The molecule has 0 fully saturated rings. The summed E-state index contributed by atoms with van der Waals surface area (Å²) in [7, 11) is 3.73. The number of thiazole rings is 1. The largest absolute Gasteiger partial charge is 0.372 e. The summed E-state index contributed by atoms with van der Waals surface area (Å²) < 4.78 is 15.2. The van der Waals surface area contributed by atoms with Crippen molar-refractivity contribution in [3.8, 4) is 0 Å². The van der Waals surface area contributed by atoms with Gasteiger partial charge in [-0.2, -0.15) is 9.38 Å². The van der Waals surface area contributed by atoms with Gasteiger partial charge in [0.05, 0.1) is 0 Å². The fraction of sp³-hybridized carbons (Fsp3) is 0.267. The molecule has 3 rings (SSSR count). The van der Waals surface area contributed by atoms with Gasteiger partial charge in [0.15, 0.2) is 0 Å². The second kappa shape index (κ2) is 6.54. The fourth-order valence-corrected chi connectivity index (χ4v) is 3.16. The number of halogens is 1. The summed E-state index contributed by atoms with van der Waals surface area (Å²) in [6.45, 7) is 0.812. The highest BCUT2D eigenvalue weighted by Crippen LogP contribution is 2.28. The Morgan fingerprint density at radius 3 is 2.96 bits per heavy atom. The number of hydrogen-bond acceptors (Lipinski definition) is 6. The van der Waals surface area contributed by atoms with Crippen molar-refractivity contribution in [1.82, 2.24) is 14.3 Å². The molecule has 0 aliphatic carbocycles. The molecular weight excluding hydrogens is 333 g/mol. The number of rotatable bonds is 6. The lowest BCUT2D eigenvalue weighted by Gasteiger charge is -2.12. The molecule has 0 saturated carbocycles. The third kappa shape index (κ3) is 3.22. The van der Waals surface area contributed by atoms with E-state index in [9.17, 15) is 14.5 Å². The SMILES string of the molecule is CN(C)Cc1cc(CNc2nc3sccn3c2[N+](=O)[O-])ccc1F. The van der Waals surface area contributed by atoms with Gasteiger partial charge in [-0.1, -0.05) is 17.4 Å².